The molecule has 1 aliphatic heterocycles. The number of alkyl halides is 2. The molecule has 10 heteroatoms. The Morgan fingerprint density at radius 2 is 1.89 bits per heavy atom. The number of para-hydroxylation sites is 1. The Morgan fingerprint density at radius 1 is 1.11 bits per heavy atom. The van der Waals surface area contributed by atoms with Crippen LogP contribution in [0.25, 0.3) is 11.0 Å². The van der Waals surface area contributed by atoms with Gasteiger partial charge < -0.3 is 9.30 Å². The van der Waals surface area contributed by atoms with E-state index >= 15 is 0 Å². The molecule has 3 aromatic rings. The van der Waals surface area contributed by atoms with Crippen molar-refractivity contribution in [3.63, 3.8) is 0 Å². The number of aromatic nitrogens is 2. The fraction of sp³-hybridized carbons (Fsp3) is 0.500. The van der Waals surface area contributed by atoms with Gasteiger partial charge in [0.05, 0.1) is 15.9 Å². The summed E-state index contributed by atoms with van der Waals surface area (Å²) in [6, 6.07) is 12.3. The topological polar surface area (TPSA) is 64.4 Å². The number of thioether (sulfide) groups is 1. The summed E-state index contributed by atoms with van der Waals surface area (Å²) in [6.07, 6.45) is 6.27. The molecule has 2 heterocycles. The molecule has 1 aromatic heterocycles. The number of fused-ring (bicyclic) bond motifs is 1. The van der Waals surface area contributed by atoms with E-state index < -0.39 is 16.6 Å². The standard InChI is InChI=1S/C26H31F2N3O3S2/c1-18-7-6-14-30(16-18)36(32,33)21-12-13-23-22(15-21)29-26(31(23)20-9-3-4-10-20)35-17-19-8-2-5-11-24(19)34-25(27)28/h2,5,8,11-13,15,18,20,25H,3-4,6-7,9-10,14,16-17H2,1H3. The highest BCUT2D eigenvalue weighted by atomic mass is 32.2. The molecule has 0 spiro atoms. The van der Waals surface area contributed by atoms with Gasteiger partial charge in [-0.25, -0.2) is 13.4 Å². The summed E-state index contributed by atoms with van der Waals surface area (Å²) in [5.41, 5.74) is 2.22. The van der Waals surface area contributed by atoms with Crippen molar-refractivity contribution in [2.24, 2.45) is 5.92 Å². The molecule has 1 unspecified atom stereocenters. The van der Waals surface area contributed by atoms with Crippen LogP contribution in [-0.2, 0) is 15.8 Å². The highest BCUT2D eigenvalue weighted by Crippen LogP contribution is 2.39. The van der Waals surface area contributed by atoms with Crippen LogP contribution in [0.3, 0.4) is 0 Å². The van der Waals surface area contributed by atoms with Crippen LogP contribution >= 0.6 is 11.8 Å². The number of hydrogen-bond acceptors (Lipinski definition) is 5. The molecule has 1 atom stereocenters. The molecule has 2 aromatic carbocycles. The second kappa shape index (κ2) is 10.7. The van der Waals surface area contributed by atoms with Gasteiger partial charge in [-0.2, -0.15) is 13.1 Å². The molecule has 1 saturated heterocycles. The van der Waals surface area contributed by atoms with E-state index in [2.05, 4.69) is 11.5 Å². The van der Waals surface area contributed by atoms with Gasteiger partial charge in [-0.3, -0.25) is 0 Å². The predicted molar refractivity (Wildman–Crippen MR) is 137 cm³/mol. The monoisotopic (exact) mass is 535 g/mol. The van der Waals surface area contributed by atoms with E-state index in [4.69, 9.17) is 9.72 Å². The maximum atomic E-state index is 13.4. The number of nitrogens with zero attached hydrogens (tertiary/aromatic N) is 3. The van der Waals surface area contributed by atoms with Gasteiger partial charge in [0, 0.05) is 30.4 Å². The average molecular weight is 536 g/mol. The Balaban J connectivity index is 1.48. The second-order valence-electron chi connectivity index (χ2n) is 9.74. The highest BCUT2D eigenvalue weighted by molar-refractivity contribution is 7.98. The van der Waals surface area contributed by atoms with Gasteiger partial charge in [0.1, 0.15) is 5.75 Å². The van der Waals surface area contributed by atoms with Gasteiger partial charge in [-0.1, -0.05) is 49.7 Å². The third-order valence-electron chi connectivity index (χ3n) is 7.12. The third kappa shape index (κ3) is 5.26. The lowest BCUT2D eigenvalue weighted by atomic mass is 10.0. The number of imidazole rings is 1. The molecule has 1 saturated carbocycles. The molecule has 2 fully saturated rings. The molecule has 1 aliphatic carbocycles. The zero-order chi connectivity index (χ0) is 25.3. The summed E-state index contributed by atoms with van der Waals surface area (Å²) in [5, 5.41) is 0.768. The van der Waals surface area contributed by atoms with Crippen LogP contribution in [-0.4, -0.2) is 42.0 Å². The number of piperidine rings is 1. The molecule has 36 heavy (non-hydrogen) atoms. The number of halogens is 2. The summed E-state index contributed by atoms with van der Waals surface area (Å²) < 4.78 is 61.0. The fourth-order valence-electron chi connectivity index (χ4n) is 5.32. The Kier molecular flexibility index (Phi) is 7.55. The van der Waals surface area contributed by atoms with Crippen LogP contribution in [0, 0.1) is 5.92 Å². The summed E-state index contributed by atoms with van der Waals surface area (Å²) in [6.45, 7) is 0.283. The van der Waals surface area contributed by atoms with Crippen molar-refractivity contribution >= 4 is 32.8 Å². The molecular weight excluding hydrogens is 504 g/mol. The van der Waals surface area contributed by atoms with Crippen LogP contribution in [0.1, 0.15) is 57.1 Å². The van der Waals surface area contributed by atoms with Gasteiger partial charge in [-0.15, -0.1) is 0 Å². The zero-order valence-electron chi connectivity index (χ0n) is 20.3. The molecule has 5 rings (SSSR count). The van der Waals surface area contributed by atoms with E-state index in [-0.39, 0.29) is 16.7 Å². The lowest BCUT2D eigenvalue weighted by molar-refractivity contribution is -0.0503. The molecule has 194 valence electrons. The van der Waals surface area contributed by atoms with Crippen LogP contribution < -0.4 is 4.74 Å². The number of sulfonamides is 1. The third-order valence-corrected chi connectivity index (χ3v) is 9.98. The fourth-order valence-corrected chi connectivity index (χ4v) is 8.02. The first kappa shape index (κ1) is 25.5. The summed E-state index contributed by atoms with van der Waals surface area (Å²) in [4.78, 5) is 5.12. The minimum atomic E-state index is -3.59. The maximum absolute atomic E-state index is 13.4. The summed E-state index contributed by atoms with van der Waals surface area (Å²) in [7, 11) is -3.59. The largest absolute Gasteiger partial charge is 0.435 e. The van der Waals surface area contributed by atoms with Crippen LogP contribution in [0.15, 0.2) is 52.5 Å². The minimum Gasteiger partial charge on any atom is -0.435 e. The number of benzene rings is 2. The average Bonchev–Trinajstić information content (AvgIpc) is 3.50. The SMILES string of the molecule is CC1CCCN(S(=O)(=O)c2ccc3c(c2)nc(SCc2ccccc2OC(F)F)n3C2CCCC2)C1. The number of hydrogen-bond donors (Lipinski definition) is 0. The quantitative estimate of drug-likeness (QED) is 0.310. The van der Waals surface area contributed by atoms with E-state index in [0.717, 1.165) is 49.2 Å². The van der Waals surface area contributed by atoms with E-state index in [1.54, 1.807) is 40.7 Å². The van der Waals surface area contributed by atoms with Crippen LogP contribution in [0.2, 0.25) is 0 Å². The normalized spacial score (nSPS) is 19.9. The lowest BCUT2D eigenvalue weighted by Crippen LogP contribution is -2.39. The molecule has 0 bridgehead atoms. The Bertz CT molecular complexity index is 1320. The van der Waals surface area contributed by atoms with Gasteiger partial charge in [0.25, 0.3) is 0 Å². The Labute approximate surface area is 215 Å². The minimum absolute atomic E-state index is 0.160. The lowest BCUT2D eigenvalue weighted by Gasteiger charge is -2.30. The van der Waals surface area contributed by atoms with Crippen LogP contribution in [0.4, 0.5) is 8.78 Å². The van der Waals surface area contributed by atoms with Crippen molar-refractivity contribution in [3.8, 4) is 5.75 Å². The highest BCUT2D eigenvalue weighted by Gasteiger charge is 2.30. The van der Waals surface area contributed by atoms with Gasteiger partial charge in [-0.05, 0) is 55.9 Å². The van der Waals surface area contributed by atoms with Gasteiger partial charge in [0.2, 0.25) is 10.0 Å². The molecular formula is C26H31F2N3O3S2. The van der Waals surface area contributed by atoms with Crippen molar-refractivity contribution in [2.75, 3.05) is 13.1 Å². The molecule has 0 radical (unpaired) electrons. The van der Waals surface area contributed by atoms with E-state index in [1.807, 2.05) is 6.07 Å². The van der Waals surface area contributed by atoms with E-state index in [0.29, 0.717) is 35.8 Å². The first-order valence-electron chi connectivity index (χ1n) is 12.5. The van der Waals surface area contributed by atoms with Gasteiger partial charge >= 0.3 is 6.61 Å². The predicted octanol–water partition coefficient (Wildman–Crippen LogP) is 6.47. The first-order chi connectivity index (χ1) is 17.3. The Hall–Kier alpha value is -2.17. The van der Waals surface area contributed by atoms with Crippen molar-refractivity contribution in [1.82, 2.24) is 13.9 Å². The number of rotatable bonds is 8. The van der Waals surface area contributed by atoms with Crippen LogP contribution in [0.5, 0.6) is 5.75 Å². The van der Waals surface area contributed by atoms with Crippen molar-refractivity contribution < 1.29 is 21.9 Å². The zero-order valence-corrected chi connectivity index (χ0v) is 21.9. The number of ether oxygens (including phenoxy) is 1. The first-order valence-corrected chi connectivity index (χ1v) is 14.9. The van der Waals surface area contributed by atoms with Crippen molar-refractivity contribution in [2.45, 2.75) is 73.9 Å². The van der Waals surface area contributed by atoms with Gasteiger partial charge in [0.15, 0.2) is 5.16 Å². The maximum Gasteiger partial charge on any atom is 0.387 e. The summed E-state index contributed by atoms with van der Waals surface area (Å²) in [5.74, 6) is 0.918. The molecule has 0 amide bonds. The molecule has 0 N–H and O–H groups in total. The second-order valence-corrected chi connectivity index (χ2v) is 12.6. The molecule has 2 aliphatic rings. The van der Waals surface area contributed by atoms with E-state index in [9.17, 15) is 17.2 Å². The van der Waals surface area contributed by atoms with E-state index in [1.165, 1.54) is 11.8 Å². The van der Waals surface area contributed by atoms with Crippen molar-refractivity contribution in [3.05, 3.63) is 48.0 Å². The Morgan fingerprint density at radius 3 is 2.64 bits per heavy atom. The molecule has 6 nitrogen and oxygen atoms in total. The van der Waals surface area contributed by atoms with Crippen molar-refractivity contribution in [1.29, 1.82) is 0 Å². The smallest absolute Gasteiger partial charge is 0.387 e. The summed E-state index contributed by atoms with van der Waals surface area (Å²) >= 11 is 1.46.